The lowest BCUT2D eigenvalue weighted by molar-refractivity contribution is 0.168. The molecule has 1 aliphatic heterocycles. The summed E-state index contributed by atoms with van der Waals surface area (Å²) in [4.78, 5) is 0. The van der Waals surface area contributed by atoms with Gasteiger partial charge in [-0.15, -0.1) is 11.8 Å². The maximum absolute atomic E-state index is 12.0. The third-order valence-electron chi connectivity index (χ3n) is 2.41. The van der Waals surface area contributed by atoms with E-state index in [0.717, 1.165) is 12.2 Å². The monoisotopic (exact) mass is 234 g/mol. The third-order valence-corrected chi connectivity index (χ3v) is 6.45. The van der Waals surface area contributed by atoms with Gasteiger partial charge in [0, 0.05) is 16.6 Å². The van der Waals surface area contributed by atoms with Gasteiger partial charge in [-0.05, 0) is 25.5 Å². The second-order valence-corrected chi connectivity index (χ2v) is 6.80. The molecule has 0 bridgehead atoms. The van der Waals surface area contributed by atoms with E-state index in [1.54, 1.807) is 11.8 Å². The molecule has 0 spiro atoms. The standard InChI is InChI=1S/C10H18O2S2/c1-3-6-10(9(11)4-2)13-7-5-8-14(10)12/h3,6,9,11H,4-5,7-8H2,1-2H3/b6-3+/t9-,10-,14?/m0/s1. The van der Waals surface area contributed by atoms with Crippen molar-refractivity contribution < 1.29 is 9.32 Å². The SMILES string of the molecule is C/C=C/[C@]1([C@@H](O)CC)SCCCS1=O. The minimum Gasteiger partial charge on any atom is -0.390 e. The predicted octanol–water partition coefficient (Wildman–Crippen LogP) is 1.92. The molecule has 1 heterocycles. The molecule has 0 aromatic heterocycles. The second-order valence-electron chi connectivity index (χ2n) is 3.40. The fourth-order valence-corrected chi connectivity index (χ4v) is 5.54. The average molecular weight is 234 g/mol. The van der Waals surface area contributed by atoms with Crippen molar-refractivity contribution in [1.29, 1.82) is 0 Å². The summed E-state index contributed by atoms with van der Waals surface area (Å²) >= 11 is 1.64. The van der Waals surface area contributed by atoms with Crippen molar-refractivity contribution in [2.24, 2.45) is 0 Å². The molecule has 0 amide bonds. The van der Waals surface area contributed by atoms with E-state index in [9.17, 15) is 9.32 Å². The molecule has 1 saturated heterocycles. The summed E-state index contributed by atoms with van der Waals surface area (Å²) in [7, 11) is -0.940. The molecule has 14 heavy (non-hydrogen) atoms. The highest BCUT2D eigenvalue weighted by molar-refractivity contribution is 8.13. The number of aliphatic hydroxyl groups excluding tert-OH is 1. The highest BCUT2D eigenvalue weighted by Crippen LogP contribution is 2.40. The van der Waals surface area contributed by atoms with Crippen LogP contribution in [0.3, 0.4) is 0 Å². The molecular formula is C10H18O2S2. The molecule has 0 aliphatic carbocycles. The zero-order chi connectivity index (χ0) is 10.6. The zero-order valence-corrected chi connectivity index (χ0v) is 10.4. The van der Waals surface area contributed by atoms with Crippen LogP contribution < -0.4 is 0 Å². The van der Waals surface area contributed by atoms with Crippen molar-refractivity contribution in [3.63, 3.8) is 0 Å². The highest BCUT2D eigenvalue weighted by atomic mass is 32.2. The van der Waals surface area contributed by atoms with Gasteiger partial charge in [-0.3, -0.25) is 4.21 Å². The summed E-state index contributed by atoms with van der Waals surface area (Å²) in [6, 6.07) is 0. The van der Waals surface area contributed by atoms with Crippen LogP contribution in [0.5, 0.6) is 0 Å². The van der Waals surface area contributed by atoms with Crippen LogP contribution in [0.15, 0.2) is 12.2 Å². The molecule has 0 radical (unpaired) electrons. The van der Waals surface area contributed by atoms with Crippen molar-refractivity contribution in [1.82, 2.24) is 0 Å². The normalized spacial score (nSPS) is 36.1. The van der Waals surface area contributed by atoms with Crippen molar-refractivity contribution in [2.75, 3.05) is 11.5 Å². The lowest BCUT2D eigenvalue weighted by Crippen LogP contribution is -2.44. The first-order valence-electron chi connectivity index (χ1n) is 5.01. The number of aliphatic hydroxyl groups is 1. The van der Waals surface area contributed by atoms with E-state index in [-0.39, 0.29) is 0 Å². The van der Waals surface area contributed by atoms with Crippen LogP contribution in [-0.2, 0) is 10.8 Å². The average Bonchev–Trinajstić information content (AvgIpc) is 2.20. The Bertz CT molecular complexity index is 240. The number of allylic oxidation sites excluding steroid dienone is 1. The topological polar surface area (TPSA) is 37.3 Å². The van der Waals surface area contributed by atoms with Gasteiger partial charge >= 0.3 is 0 Å². The number of rotatable bonds is 3. The molecule has 0 aromatic rings. The van der Waals surface area contributed by atoms with E-state index >= 15 is 0 Å². The smallest absolute Gasteiger partial charge is 0.135 e. The molecular weight excluding hydrogens is 216 g/mol. The molecule has 0 aromatic carbocycles. The Morgan fingerprint density at radius 3 is 2.93 bits per heavy atom. The van der Waals surface area contributed by atoms with E-state index in [1.165, 1.54) is 0 Å². The van der Waals surface area contributed by atoms with Gasteiger partial charge in [-0.1, -0.05) is 19.1 Å². The van der Waals surface area contributed by atoms with Crippen molar-refractivity contribution >= 4 is 22.6 Å². The van der Waals surface area contributed by atoms with E-state index in [4.69, 9.17) is 0 Å². The molecule has 1 N–H and O–H groups in total. The summed E-state index contributed by atoms with van der Waals surface area (Å²) in [5.41, 5.74) is 0. The second kappa shape index (κ2) is 5.33. The molecule has 1 aliphatic rings. The number of hydrogen-bond donors (Lipinski definition) is 1. The van der Waals surface area contributed by atoms with Crippen molar-refractivity contribution in [3.05, 3.63) is 12.2 Å². The van der Waals surface area contributed by atoms with Crippen LogP contribution >= 0.6 is 11.8 Å². The lowest BCUT2D eigenvalue weighted by Gasteiger charge is -2.36. The summed E-state index contributed by atoms with van der Waals surface area (Å²) in [6.45, 7) is 3.85. The number of hydrogen-bond acceptors (Lipinski definition) is 3. The predicted molar refractivity (Wildman–Crippen MR) is 63.9 cm³/mol. The number of thioether (sulfide) groups is 1. The summed E-state index contributed by atoms with van der Waals surface area (Å²) in [5.74, 6) is 1.71. The Kier molecular flexibility index (Phi) is 4.67. The van der Waals surface area contributed by atoms with Crippen LogP contribution in [0.25, 0.3) is 0 Å². The Labute approximate surface area is 92.6 Å². The Hall–Kier alpha value is 0.200. The van der Waals surface area contributed by atoms with Gasteiger partial charge in [0.05, 0.1) is 6.10 Å². The Balaban J connectivity index is 2.94. The summed E-state index contributed by atoms with van der Waals surface area (Å²) in [5, 5.41) is 9.97. The van der Waals surface area contributed by atoms with Gasteiger partial charge in [0.15, 0.2) is 0 Å². The minimum atomic E-state index is -0.940. The fourth-order valence-electron chi connectivity index (χ4n) is 1.65. The summed E-state index contributed by atoms with van der Waals surface area (Å²) < 4.78 is 11.4. The van der Waals surface area contributed by atoms with Gasteiger partial charge in [0.2, 0.25) is 0 Å². The first-order valence-corrected chi connectivity index (χ1v) is 7.32. The molecule has 1 unspecified atom stereocenters. The quantitative estimate of drug-likeness (QED) is 0.758. The van der Waals surface area contributed by atoms with E-state index in [0.29, 0.717) is 12.2 Å². The van der Waals surface area contributed by atoms with Gasteiger partial charge < -0.3 is 5.11 Å². The van der Waals surface area contributed by atoms with Gasteiger partial charge in [0.25, 0.3) is 0 Å². The zero-order valence-electron chi connectivity index (χ0n) is 8.73. The molecule has 82 valence electrons. The molecule has 4 heteroatoms. The first-order chi connectivity index (χ1) is 6.67. The highest BCUT2D eigenvalue weighted by Gasteiger charge is 2.42. The van der Waals surface area contributed by atoms with Gasteiger partial charge in [0.1, 0.15) is 4.08 Å². The van der Waals surface area contributed by atoms with E-state index in [2.05, 4.69) is 0 Å². The van der Waals surface area contributed by atoms with Gasteiger partial charge in [-0.25, -0.2) is 0 Å². The van der Waals surface area contributed by atoms with Crippen LogP contribution in [0.2, 0.25) is 0 Å². The van der Waals surface area contributed by atoms with E-state index in [1.807, 2.05) is 26.0 Å². The molecule has 3 atom stereocenters. The van der Waals surface area contributed by atoms with Crippen LogP contribution in [0.4, 0.5) is 0 Å². The fraction of sp³-hybridized carbons (Fsp3) is 0.800. The molecule has 1 fully saturated rings. The first kappa shape index (κ1) is 12.3. The van der Waals surface area contributed by atoms with Crippen molar-refractivity contribution in [3.8, 4) is 0 Å². The van der Waals surface area contributed by atoms with Crippen molar-refractivity contribution in [2.45, 2.75) is 36.9 Å². The van der Waals surface area contributed by atoms with Gasteiger partial charge in [-0.2, -0.15) is 0 Å². The summed E-state index contributed by atoms with van der Waals surface area (Å²) in [6.07, 6.45) is 4.97. The van der Waals surface area contributed by atoms with E-state index < -0.39 is 21.0 Å². The largest absolute Gasteiger partial charge is 0.390 e. The minimum absolute atomic E-state index is 0.496. The van der Waals surface area contributed by atoms with Crippen LogP contribution in [0.1, 0.15) is 26.7 Å². The molecule has 2 nitrogen and oxygen atoms in total. The third kappa shape index (κ3) is 2.23. The molecule has 0 saturated carbocycles. The van der Waals surface area contributed by atoms with Crippen LogP contribution in [0, 0.1) is 0 Å². The van der Waals surface area contributed by atoms with Crippen LogP contribution in [-0.4, -0.2) is 31.0 Å². The maximum atomic E-state index is 12.0. The Morgan fingerprint density at radius 2 is 2.43 bits per heavy atom. The molecule has 1 rings (SSSR count). The maximum Gasteiger partial charge on any atom is 0.135 e. The Morgan fingerprint density at radius 1 is 1.71 bits per heavy atom. The lowest BCUT2D eigenvalue weighted by atomic mass is 10.2.